The number of amides is 3. The molecule has 0 radical (unpaired) electrons. The predicted molar refractivity (Wildman–Crippen MR) is 138 cm³/mol. The maximum atomic E-state index is 14.0. The van der Waals surface area contributed by atoms with Crippen LogP contribution in [0.5, 0.6) is 11.5 Å². The fraction of sp³-hybridized carbons (Fsp3) is 0.444. The minimum absolute atomic E-state index is 0.0525. The average molecular weight is 598 g/mol. The van der Waals surface area contributed by atoms with Crippen molar-refractivity contribution in [2.45, 2.75) is 55.7 Å². The number of nitrogens with zero attached hydrogens (tertiary/aromatic N) is 1. The highest BCUT2D eigenvalue weighted by molar-refractivity contribution is 6.31. The van der Waals surface area contributed by atoms with Crippen LogP contribution in [0.15, 0.2) is 36.4 Å². The first-order chi connectivity index (χ1) is 18.7. The Hall–Kier alpha value is -3.18. The monoisotopic (exact) mass is 597 g/mol. The molecule has 40 heavy (non-hydrogen) atoms. The number of halogens is 5. The first kappa shape index (κ1) is 27.0. The van der Waals surface area contributed by atoms with Gasteiger partial charge in [-0.15, -0.1) is 0 Å². The lowest BCUT2D eigenvalue weighted by Crippen LogP contribution is -2.84. The van der Waals surface area contributed by atoms with Crippen LogP contribution < -0.4 is 25.0 Å². The Bertz CT molecular complexity index is 1440. The smallest absolute Gasteiger partial charge is 0.263 e. The van der Waals surface area contributed by atoms with E-state index >= 15 is 0 Å². The molecule has 4 fully saturated rings. The molecule has 3 amide bonds. The maximum Gasteiger partial charge on any atom is 0.263 e. The number of nitrogens with one attached hydrogen (secondary N) is 2. The zero-order valence-electron chi connectivity index (χ0n) is 21.2. The maximum absolute atomic E-state index is 14.0. The topological polar surface area (TPSA) is 97.0 Å². The minimum Gasteiger partial charge on any atom is -0.484 e. The Morgan fingerprint density at radius 1 is 1.05 bits per heavy atom. The molecule has 2 unspecified atom stereocenters. The van der Waals surface area contributed by atoms with Crippen molar-refractivity contribution < 1.29 is 37.0 Å². The van der Waals surface area contributed by atoms with E-state index in [0.29, 0.717) is 24.3 Å². The van der Waals surface area contributed by atoms with E-state index in [0.717, 1.165) is 11.0 Å². The number of anilines is 1. The van der Waals surface area contributed by atoms with Crippen LogP contribution in [0.3, 0.4) is 0 Å². The first-order valence-corrected chi connectivity index (χ1v) is 13.4. The molecule has 4 saturated carbocycles. The van der Waals surface area contributed by atoms with Crippen LogP contribution in [0.25, 0.3) is 0 Å². The Labute approximate surface area is 237 Å². The fourth-order valence-corrected chi connectivity index (χ4v) is 6.24. The van der Waals surface area contributed by atoms with Crippen LogP contribution in [0, 0.1) is 11.2 Å². The summed E-state index contributed by atoms with van der Waals surface area (Å²) >= 11 is 11.7. The van der Waals surface area contributed by atoms with Crippen molar-refractivity contribution in [3.63, 3.8) is 0 Å². The van der Waals surface area contributed by atoms with Gasteiger partial charge in [0.2, 0.25) is 5.91 Å². The molecule has 8 nitrogen and oxygen atoms in total. The highest BCUT2D eigenvalue weighted by atomic mass is 35.5. The van der Waals surface area contributed by atoms with Crippen molar-refractivity contribution >= 4 is 46.6 Å². The molecule has 2 N–H and O–H groups in total. The third kappa shape index (κ3) is 4.43. The van der Waals surface area contributed by atoms with Gasteiger partial charge in [0.1, 0.15) is 22.7 Å². The SMILES string of the molecule is CC1(C(=O)N2CC(C(=O)NC34CC(NC(=O)COc5ccc(Cl)c(F)c5)(C3)C4)Oc3ccc(Cl)cc32)CC1(F)F. The van der Waals surface area contributed by atoms with Crippen LogP contribution in [0.4, 0.5) is 18.9 Å². The van der Waals surface area contributed by atoms with Crippen LogP contribution >= 0.6 is 23.2 Å². The van der Waals surface area contributed by atoms with E-state index in [1.54, 1.807) is 0 Å². The standard InChI is InChI=1S/C27H24Cl2F3N3O5/c1-24(10-27(24,31)32)23(38)35-8-20(40-19-5-2-14(28)6-18(19)35)22(37)34-26-11-25(12-26,13-26)33-21(36)9-39-15-3-4-16(29)17(30)7-15/h2-7,20H,8-13H2,1H3,(H,33,36)(H,34,37). The van der Waals surface area contributed by atoms with E-state index in [9.17, 15) is 27.6 Å². The summed E-state index contributed by atoms with van der Waals surface area (Å²) in [5, 5.41) is 6.10. The molecule has 1 aliphatic heterocycles. The number of alkyl halides is 2. The van der Waals surface area contributed by atoms with Gasteiger partial charge in [0.25, 0.3) is 17.7 Å². The van der Waals surface area contributed by atoms with Crippen molar-refractivity contribution in [3.05, 3.63) is 52.3 Å². The third-order valence-corrected chi connectivity index (χ3v) is 8.72. The van der Waals surface area contributed by atoms with E-state index in [4.69, 9.17) is 32.7 Å². The van der Waals surface area contributed by atoms with Crippen LogP contribution in [-0.2, 0) is 14.4 Å². The van der Waals surface area contributed by atoms with Crippen LogP contribution in [-0.4, -0.2) is 54.0 Å². The Morgan fingerprint density at radius 3 is 2.38 bits per heavy atom. The van der Waals surface area contributed by atoms with Gasteiger partial charge in [0.15, 0.2) is 12.7 Å². The number of rotatable bonds is 7. The normalized spacial score (nSPS) is 30.6. The number of carbonyl (C=O) groups is 3. The van der Waals surface area contributed by atoms with Gasteiger partial charge in [-0.3, -0.25) is 14.4 Å². The molecule has 7 rings (SSSR count). The number of hydrogen-bond acceptors (Lipinski definition) is 5. The molecule has 13 heteroatoms. The molecule has 2 bridgehead atoms. The quantitative estimate of drug-likeness (QED) is 0.497. The summed E-state index contributed by atoms with van der Waals surface area (Å²) in [4.78, 5) is 39.9. The molecule has 2 aromatic carbocycles. The van der Waals surface area contributed by atoms with E-state index in [-0.39, 0.29) is 41.3 Å². The van der Waals surface area contributed by atoms with Gasteiger partial charge in [-0.25, -0.2) is 13.2 Å². The zero-order valence-corrected chi connectivity index (χ0v) is 22.7. The molecule has 0 saturated heterocycles. The molecule has 2 atom stereocenters. The second-order valence-corrected chi connectivity index (χ2v) is 12.2. The molecule has 5 aliphatic rings. The van der Waals surface area contributed by atoms with E-state index in [1.807, 2.05) is 0 Å². The summed E-state index contributed by atoms with van der Waals surface area (Å²) in [6, 6.07) is 8.35. The lowest BCUT2D eigenvalue weighted by Gasteiger charge is -2.70. The number of hydrogen-bond donors (Lipinski definition) is 2. The number of fused-ring (bicyclic) bond motifs is 1. The summed E-state index contributed by atoms with van der Waals surface area (Å²) in [5.74, 6) is -5.09. The minimum atomic E-state index is -3.13. The van der Waals surface area contributed by atoms with Crippen molar-refractivity contribution in [1.29, 1.82) is 0 Å². The Balaban J connectivity index is 1.05. The molecule has 1 heterocycles. The molecule has 0 spiro atoms. The molecule has 2 aromatic rings. The second-order valence-electron chi connectivity index (χ2n) is 11.3. The Morgan fingerprint density at radius 2 is 1.73 bits per heavy atom. The van der Waals surface area contributed by atoms with Crippen molar-refractivity contribution in [3.8, 4) is 11.5 Å². The van der Waals surface area contributed by atoms with E-state index < -0.39 is 52.6 Å². The van der Waals surface area contributed by atoms with Gasteiger partial charge in [-0.1, -0.05) is 23.2 Å². The second kappa shape index (κ2) is 8.91. The molecule has 212 valence electrons. The summed E-state index contributed by atoms with van der Waals surface area (Å²) in [6.45, 7) is 0.645. The van der Waals surface area contributed by atoms with Crippen LogP contribution in [0.2, 0.25) is 10.0 Å². The predicted octanol–water partition coefficient (Wildman–Crippen LogP) is 4.26. The van der Waals surface area contributed by atoms with E-state index in [2.05, 4.69) is 10.6 Å². The molecule has 0 aromatic heterocycles. The van der Waals surface area contributed by atoms with Gasteiger partial charge < -0.3 is 25.0 Å². The van der Waals surface area contributed by atoms with Crippen molar-refractivity contribution in [1.82, 2.24) is 10.6 Å². The number of ether oxygens (including phenoxy) is 2. The Kier molecular flexibility index (Phi) is 6.02. The van der Waals surface area contributed by atoms with Gasteiger partial charge >= 0.3 is 0 Å². The number of benzene rings is 2. The lowest BCUT2D eigenvalue weighted by molar-refractivity contribution is -0.153. The molecular weight excluding hydrogens is 574 g/mol. The van der Waals surface area contributed by atoms with Crippen LogP contribution in [0.1, 0.15) is 32.6 Å². The largest absolute Gasteiger partial charge is 0.484 e. The summed E-state index contributed by atoms with van der Waals surface area (Å²) in [6.07, 6.45) is -0.237. The van der Waals surface area contributed by atoms with Gasteiger partial charge in [-0.05, 0) is 56.5 Å². The lowest BCUT2D eigenvalue weighted by atomic mass is 9.44. The van der Waals surface area contributed by atoms with Gasteiger partial charge in [-0.2, -0.15) is 0 Å². The van der Waals surface area contributed by atoms with Gasteiger partial charge in [0.05, 0.1) is 17.3 Å². The van der Waals surface area contributed by atoms with E-state index in [1.165, 1.54) is 37.3 Å². The summed E-state index contributed by atoms with van der Waals surface area (Å²) in [7, 11) is 0. The zero-order chi connectivity index (χ0) is 28.7. The summed E-state index contributed by atoms with van der Waals surface area (Å²) in [5.41, 5.74) is -2.64. The fourth-order valence-electron chi connectivity index (χ4n) is 5.96. The summed E-state index contributed by atoms with van der Waals surface area (Å²) < 4.78 is 52.8. The average Bonchev–Trinajstić information content (AvgIpc) is 3.39. The van der Waals surface area contributed by atoms with Crippen molar-refractivity contribution in [2.75, 3.05) is 18.1 Å². The highest BCUT2D eigenvalue weighted by Gasteiger charge is 2.74. The molecule has 4 aliphatic carbocycles. The van der Waals surface area contributed by atoms with Crippen molar-refractivity contribution in [2.24, 2.45) is 5.41 Å². The van der Waals surface area contributed by atoms with Gasteiger partial charge in [0, 0.05) is 28.6 Å². The number of carbonyl (C=O) groups excluding carboxylic acids is 3. The third-order valence-electron chi connectivity index (χ3n) is 8.18. The molecular formula is C27H24Cl2F3N3O5. The first-order valence-electron chi connectivity index (χ1n) is 12.6. The highest BCUT2D eigenvalue weighted by Crippen LogP contribution is 2.62.